The van der Waals surface area contributed by atoms with Gasteiger partial charge in [-0.2, -0.15) is 16.1 Å². The first kappa shape index (κ1) is 16.1. The molecular formula is C12H21N3O2S2. The molecule has 7 heteroatoms. The molecule has 0 aliphatic carbocycles. The lowest BCUT2D eigenvalue weighted by Gasteiger charge is -2.05. The molecule has 0 saturated heterocycles. The van der Waals surface area contributed by atoms with Gasteiger partial charge in [-0.3, -0.25) is 0 Å². The second kappa shape index (κ2) is 9.03. The SMILES string of the molecule is COC(=O)c1c(N)nsc1NCCCCCCSC. The average molecular weight is 303 g/mol. The summed E-state index contributed by atoms with van der Waals surface area (Å²) in [6, 6.07) is 0. The maximum Gasteiger partial charge on any atom is 0.344 e. The molecule has 5 nitrogen and oxygen atoms in total. The van der Waals surface area contributed by atoms with Crippen molar-refractivity contribution in [3.63, 3.8) is 0 Å². The Morgan fingerprint density at radius 2 is 2.16 bits per heavy atom. The smallest absolute Gasteiger partial charge is 0.344 e. The summed E-state index contributed by atoms with van der Waals surface area (Å²) in [6.45, 7) is 0.824. The summed E-state index contributed by atoms with van der Waals surface area (Å²) in [5.41, 5.74) is 6.02. The number of methoxy groups -OCH3 is 1. The van der Waals surface area contributed by atoms with E-state index in [1.807, 2.05) is 11.8 Å². The number of thioether (sulfide) groups is 1. The van der Waals surface area contributed by atoms with Crippen LogP contribution in [0.1, 0.15) is 36.0 Å². The zero-order valence-electron chi connectivity index (χ0n) is 11.4. The van der Waals surface area contributed by atoms with Crippen LogP contribution in [0.25, 0.3) is 0 Å². The standard InChI is InChI=1S/C12H21N3O2S2/c1-17-12(16)9-10(13)15-19-11(9)14-7-5-3-4-6-8-18-2/h14H,3-8H2,1-2H3,(H2,13,15). The number of unbranched alkanes of at least 4 members (excludes halogenated alkanes) is 3. The van der Waals surface area contributed by atoms with E-state index in [-0.39, 0.29) is 5.82 Å². The Balaban J connectivity index is 2.31. The molecule has 0 spiro atoms. The zero-order chi connectivity index (χ0) is 14.1. The molecule has 0 amide bonds. The highest BCUT2D eigenvalue weighted by atomic mass is 32.2. The van der Waals surface area contributed by atoms with Gasteiger partial charge in [-0.15, -0.1) is 0 Å². The number of aromatic nitrogens is 1. The van der Waals surface area contributed by atoms with Gasteiger partial charge < -0.3 is 15.8 Å². The van der Waals surface area contributed by atoms with Crippen LogP contribution in [-0.2, 0) is 4.74 Å². The largest absolute Gasteiger partial charge is 0.465 e. The number of anilines is 2. The van der Waals surface area contributed by atoms with Gasteiger partial charge in [0.05, 0.1) is 7.11 Å². The van der Waals surface area contributed by atoms with Crippen molar-refractivity contribution in [2.45, 2.75) is 25.7 Å². The first-order valence-corrected chi connectivity index (χ1v) is 8.43. The van der Waals surface area contributed by atoms with Crippen LogP contribution >= 0.6 is 23.3 Å². The van der Waals surface area contributed by atoms with Gasteiger partial charge in [-0.25, -0.2) is 4.79 Å². The maximum atomic E-state index is 11.5. The predicted octanol–water partition coefficient (Wildman–Crippen LogP) is 2.85. The van der Waals surface area contributed by atoms with Crippen molar-refractivity contribution in [3.8, 4) is 0 Å². The minimum Gasteiger partial charge on any atom is -0.465 e. The summed E-state index contributed by atoms with van der Waals surface area (Å²) in [7, 11) is 1.34. The van der Waals surface area contributed by atoms with Crippen LogP contribution in [0.5, 0.6) is 0 Å². The highest BCUT2D eigenvalue weighted by Crippen LogP contribution is 2.27. The third-order valence-corrected chi connectivity index (χ3v) is 4.18. The molecule has 1 aromatic rings. The fourth-order valence-corrected chi connectivity index (χ4v) is 2.87. The minimum atomic E-state index is -0.436. The Kier molecular flexibility index (Phi) is 7.66. The summed E-state index contributed by atoms with van der Waals surface area (Å²) in [5.74, 6) is 1.03. The molecule has 1 aromatic heterocycles. The Hall–Kier alpha value is -0.950. The number of ether oxygens (including phenoxy) is 1. The van der Waals surface area contributed by atoms with E-state index in [4.69, 9.17) is 10.5 Å². The van der Waals surface area contributed by atoms with E-state index in [1.54, 1.807) is 0 Å². The second-order valence-corrected chi connectivity index (χ2v) is 5.86. The van der Waals surface area contributed by atoms with E-state index in [0.29, 0.717) is 10.6 Å². The van der Waals surface area contributed by atoms with Gasteiger partial charge in [0.2, 0.25) is 0 Å². The van der Waals surface area contributed by atoms with Crippen molar-refractivity contribution >= 4 is 40.1 Å². The summed E-state index contributed by atoms with van der Waals surface area (Å²) >= 11 is 3.09. The zero-order valence-corrected chi connectivity index (χ0v) is 13.0. The van der Waals surface area contributed by atoms with Crippen LogP contribution in [0.2, 0.25) is 0 Å². The normalized spacial score (nSPS) is 10.4. The van der Waals surface area contributed by atoms with Crippen molar-refractivity contribution in [3.05, 3.63) is 5.56 Å². The molecule has 3 N–H and O–H groups in total. The van der Waals surface area contributed by atoms with Crippen LogP contribution in [0.4, 0.5) is 10.8 Å². The lowest BCUT2D eigenvalue weighted by atomic mass is 10.2. The molecule has 0 aliphatic heterocycles. The van der Waals surface area contributed by atoms with E-state index in [0.717, 1.165) is 13.0 Å². The van der Waals surface area contributed by atoms with Crippen molar-refractivity contribution in [1.29, 1.82) is 0 Å². The van der Waals surface area contributed by atoms with Gasteiger partial charge in [0, 0.05) is 6.54 Å². The minimum absolute atomic E-state index is 0.235. The molecule has 0 aliphatic rings. The first-order chi connectivity index (χ1) is 9.20. The van der Waals surface area contributed by atoms with Crippen molar-refractivity contribution in [2.24, 2.45) is 0 Å². The molecule has 0 unspecified atom stereocenters. The highest BCUT2D eigenvalue weighted by Gasteiger charge is 2.19. The summed E-state index contributed by atoms with van der Waals surface area (Å²) in [4.78, 5) is 11.5. The van der Waals surface area contributed by atoms with Crippen LogP contribution in [-0.4, -0.2) is 36.0 Å². The molecule has 0 bridgehead atoms. The van der Waals surface area contributed by atoms with Crippen LogP contribution in [0.15, 0.2) is 0 Å². The van der Waals surface area contributed by atoms with E-state index >= 15 is 0 Å². The highest BCUT2D eigenvalue weighted by molar-refractivity contribution is 7.98. The number of rotatable bonds is 9. The summed E-state index contributed by atoms with van der Waals surface area (Å²) in [5, 5.41) is 3.91. The second-order valence-electron chi connectivity index (χ2n) is 4.10. The van der Waals surface area contributed by atoms with Gasteiger partial charge in [-0.05, 0) is 36.4 Å². The fraction of sp³-hybridized carbons (Fsp3) is 0.667. The average Bonchev–Trinajstić information content (AvgIpc) is 2.78. The predicted molar refractivity (Wildman–Crippen MR) is 83.2 cm³/mol. The van der Waals surface area contributed by atoms with Crippen molar-refractivity contribution < 1.29 is 9.53 Å². The number of hydrogen-bond acceptors (Lipinski definition) is 7. The van der Waals surface area contributed by atoms with E-state index in [9.17, 15) is 4.79 Å². The monoisotopic (exact) mass is 303 g/mol. The van der Waals surface area contributed by atoms with Gasteiger partial charge >= 0.3 is 5.97 Å². The third-order valence-electron chi connectivity index (χ3n) is 2.67. The Bertz CT molecular complexity index is 396. The topological polar surface area (TPSA) is 77.2 Å². The molecule has 1 rings (SSSR count). The summed E-state index contributed by atoms with van der Waals surface area (Å²) in [6.07, 6.45) is 6.91. The molecule has 0 saturated carbocycles. The van der Waals surface area contributed by atoms with Crippen molar-refractivity contribution in [2.75, 3.05) is 36.7 Å². The Labute approximate surface area is 122 Å². The first-order valence-electron chi connectivity index (χ1n) is 6.27. The summed E-state index contributed by atoms with van der Waals surface area (Å²) < 4.78 is 8.67. The number of nitrogen functional groups attached to an aromatic ring is 1. The molecule has 0 fully saturated rings. The third kappa shape index (κ3) is 5.28. The molecule has 0 atom stereocenters. The number of nitrogens with zero attached hydrogens (tertiary/aromatic N) is 1. The van der Waals surface area contributed by atoms with Gasteiger partial charge in [-0.1, -0.05) is 12.8 Å². The number of esters is 1. The lowest BCUT2D eigenvalue weighted by molar-refractivity contribution is 0.0603. The Morgan fingerprint density at radius 3 is 2.84 bits per heavy atom. The van der Waals surface area contributed by atoms with E-state index < -0.39 is 5.97 Å². The molecule has 1 heterocycles. The number of carbonyl (C=O) groups excluding carboxylic acids is 1. The van der Waals surface area contributed by atoms with Crippen LogP contribution in [0.3, 0.4) is 0 Å². The molecule has 0 radical (unpaired) electrons. The molecule has 0 aromatic carbocycles. The van der Waals surface area contributed by atoms with Crippen molar-refractivity contribution in [1.82, 2.24) is 4.37 Å². The van der Waals surface area contributed by atoms with Gasteiger partial charge in [0.1, 0.15) is 10.6 Å². The van der Waals surface area contributed by atoms with Crippen LogP contribution < -0.4 is 11.1 Å². The number of hydrogen-bond donors (Lipinski definition) is 2. The number of carbonyl (C=O) groups is 1. The Morgan fingerprint density at radius 1 is 1.42 bits per heavy atom. The van der Waals surface area contributed by atoms with Gasteiger partial charge in [0.25, 0.3) is 0 Å². The molecule has 108 valence electrons. The van der Waals surface area contributed by atoms with Gasteiger partial charge in [0.15, 0.2) is 5.82 Å². The van der Waals surface area contributed by atoms with Crippen LogP contribution in [0, 0.1) is 0 Å². The lowest BCUT2D eigenvalue weighted by Crippen LogP contribution is -2.09. The van der Waals surface area contributed by atoms with E-state index in [1.165, 1.54) is 43.7 Å². The fourth-order valence-electron chi connectivity index (χ4n) is 1.65. The molecular weight excluding hydrogens is 282 g/mol. The maximum absolute atomic E-state index is 11.5. The molecule has 19 heavy (non-hydrogen) atoms. The quantitative estimate of drug-likeness (QED) is 0.539. The number of nitrogens with two attached hydrogens (primary N) is 1. The number of nitrogens with one attached hydrogen (secondary N) is 1. The van der Waals surface area contributed by atoms with E-state index in [2.05, 4.69) is 15.9 Å².